The molecule has 8 nitrogen and oxygen atoms in total. The van der Waals surface area contributed by atoms with Crippen molar-refractivity contribution >= 4 is 17.8 Å². The SMILES string of the molecule is CCN(CC)C(=O)c1ccc(CNC(=NC)N2CCN(C(=O)c3ccco3)CC2)cc1. The first-order valence-corrected chi connectivity index (χ1v) is 10.7. The van der Waals surface area contributed by atoms with E-state index in [4.69, 9.17) is 4.42 Å². The highest BCUT2D eigenvalue weighted by molar-refractivity contribution is 5.94. The maximum absolute atomic E-state index is 12.4. The zero-order valence-corrected chi connectivity index (χ0v) is 18.5. The highest BCUT2D eigenvalue weighted by Gasteiger charge is 2.25. The molecule has 1 aliphatic rings. The van der Waals surface area contributed by atoms with Gasteiger partial charge in [-0.2, -0.15) is 0 Å². The van der Waals surface area contributed by atoms with E-state index in [0.29, 0.717) is 57.1 Å². The average molecular weight is 426 g/mol. The number of benzene rings is 1. The second-order valence-electron chi connectivity index (χ2n) is 7.33. The Morgan fingerprint density at radius 2 is 1.68 bits per heavy atom. The van der Waals surface area contributed by atoms with Crippen LogP contribution in [0, 0.1) is 0 Å². The van der Waals surface area contributed by atoms with Crippen molar-refractivity contribution in [3.05, 3.63) is 59.5 Å². The van der Waals surface area contributed by atoms with Crippen LogP contribution in [0.4, 0.5) is 0 Å². The molecule has 2 aromatic rings. The molecule has 0 unspecified atom stereocenters. The molecule has 0 spiro atoms. The quantitative estimate of drug-likeness (QED) is 0.567. The summed E-state index contributed by atoms with van der Waals surface area (Å²) < 4.78 is 5.22. The van der Waals surface area contributed by atoms with E-state index >= 15 is 0 Å². The molecule has 1 aromatic carbocycles. The van der Waals surface area contributed by atoms with Gasteiger partial charge in [-0.1, -0.05) is 12.1 Å². The summed E-state index contributed by atoms with van der Waals surface area (Å²) in [5.41, 5.74) is 1.78. The maximum atomic E-state index is 12.4. The lowest BCUT2D eigenvalue weighted by Crippen LogP contribution is -2.53. The molecule has 166 valence electrons. The molecule has 2 heterocycles. The Morgan fingerprint density at radius 3 is 2.23 bits per heavy atom. The molecule has 1 N–H and O–H groups in total. The van der Waals surface area contributed by atoms with Crippen LogP contribution in [0.1, 0.15) is 40.3 Å². The number of furan rings is 1. The molecular weight excluding hydrogens is 394 g/mol. The summed E-state index contributed by atoms with van der Waals surface area (Å²) in [6.45, 7) is 8.61. The molecule has 0 atom stereocenters. The second-order valence-corrected chi connectivity index (χ2v) is 7.33. The summed E-state index contributed by atoms with van der Waals surface area (Å²) in [4.78, 5) is 35.0. The van der Waals surface area contributed by atoms with Crippen LogP contribution in [0.15, 0.2) is 52.1 Å². The van der Waals surface area contributed by atoms with E-state index < -0.39 is 0 Å². The van der Waals surface area contributed by atoms with Gasteiger partial charge in [0, 0.05) is 58.4 Å². The molecule has 3 rings (SSSR count). The number of nitrogens with one attached hydrogen (secondary N) is 1. The summed E-state index contributed by atoms with van der Waals surface area (Å²) in [5, 5.41) is 3.38. The number of amides is 2. The lowest BCUT2D eigenvalue weighted by molar-refractivity contribution is 0.0657. The number of rotatable bonds is 6. The van der Waals surface area contributed by atoms with Gasteiger partial charge in [-0.25, -0.2) is 0 Å². The molecule has 8 heteroatoms. The Labute approximate surface area is 183 Å². The Kier molecular flexibility index (Phi) is 7.70. The van der Waals surface area contributed by atoms with E-state index in [-0.39, 0.29) is 11.8 Å². The first-order chi connectivity index (χ1) is 15.1. The van der Waals surface area contributed by atoms with Crippen LogP contribution >= 0.6 is 0 Å². The second kappa shape index (κ2) is 10.7. The first kappa shape index (κ1) is 22.4. The Bertz CT molecular complexity index is 880. The third kappa shape index (κ3) is 5.45. The van der Waals surface area contributed by atoms with Gasteiger partial charge in [-0.05, 0) is 43.7 Å². The monoisotopic (exact) mass is 425 g/mol. The van der Waals surface area contributed by atoms with Gasteiger partial charge in [0.15, 0.2) is 11.7 Å². The van der Waals surface area contributed by atoms with Gasteiger partial charge < -0.3 is 24.4 Å². The maximum Gasteiger partial charge on any atom is 0.289 e. The fourth-order valence-electron chi connectivity index (χ4n) is 3.65. The standard InChI is InChI=1S/C23H31N5O3/c1-4-26(5-2)21(29)19-10-8-18(9-11-19)17-25-23(24-3)28-14-12-27(13-15-28)22(30)20-7-6-16-31-20/h6-11,16H,4-5,12-15,17H2,1-3H3,(H,24,25). The van der Waals surface area contributed by atoms with Gasteiger partial charge in [0.2, 0.25) is 0 Å². The van der Waals surface area contributed by atoms with Crippen LogP contribution in [0.3, 0.4) is 0 Å². The Balaban J connectivity index is 1.51. The third-order valence-electron chi connectivity index (χ3n) is 5.51. The number of hydrogen-bond donors (Lipinski definition) is 1. The lowest BCUT2D eigenvalue weighted by atomic mass is 10.1. The minimum absolute atomic E-state index is 0.0577. The van der Waals surface area contributed by atoms with Crippen molar-refractivity contribution in [1.29, 1.82) is 0 Å². The molecule has 1 saturated heterocycles. The molecule has 2 amide bonds. The van der Waals surface area contributed by atoms with Gasteiger partial charge in [-0.3, -0.25) is 14.6 Å². The van der Waals surface area contributed by atoms with E-state index in [1.165, 1.54) is 6.26 Å². The molecule has 0 saturated carbocycles. The minimum atomic E-state index is -0.0769. The number of aliphatic imine (C=N–C) groups is 1. The number of nitrogens with zero attached hydrogens (tertiary/aromatic N) is 4. The molecule has 1 fully saturated rings. The van der Waals surface area contributed by atoms with Crippen LogP contribution in [-0.2, 0) is 6.54 Å². The van der Waals surface area contributed by atoms with Crippen LogP contribution in [0.25, 0.3) is 0 Å². The molecule has 0 aliphatic carbocycles. The van der Waals surface area contributed by atoms with Crippen molar-refractivity contribution in [3.63, 3.8) is 0 Å². The van der Waals surface area contributed by atoms with Gasteiger partial charge in [0.05, 0.1) is 6.26 Å². The third-order valence-corrected chi connectivity index (χ3v) is 5.51. The number of guanidine groups is 1. The van der Waals surface area contributed by atoms with Crippen molar-refractivity contribution in [1.82, 2.24) is 20.0 Å². The summed E-state index contributed by atoms with van der Waals surface area (Å²) in [7, 11) is 1.76. The van der Waals surface area contributed by atoms with Crippen LogP contribution in [0.5, 0.6) is 0 Å². The van der Waals surface area contributed by atoms with Crippen molar-refractivity contribution in [2.75, 3.05) is 46.3 Å². The molecule has 1 aromatic heterocycles. The molecule has 31 heavy (non-hydrogen) atoms. The fraction of sp³-hybridized carbons (Fsp3) is 0.435. The summed E-state index contributed by atoms with van der Waals surface area (Å²) in [6.07, 6.45) is 1.52. The highest BCUT2D eigenvalue weighted by atomic mass is 16.3. The Morgan fingerprint density at radius 1 is 1.03 bits per heavy atom. The Hall–Kier alpha value is -3.29. The normalized spacial score (nSPS) is 14.5. The predicted molar refractivity (Wildman–Crippen MR) is 120 cm³/mol. The molecule has 0 radical (unpaired) electrons. The van der Waals surface area contributed by atoms with E-state index in [9.17, 15) is 9.59 Å². The van der Waals surface area contributed by atoms with Gasteiger partial charge >= 0.3 is 0 Å². The van der Waals surface area contributed by atoms with Crippen molar-refractivity contribution in [3.8, 4) is 0 Å². The van der Waals surface area contributed by atoms with Crippen LogP contribution in [-0.4, -0.2) is 78.8 Å². The molecule has 1 aliphatic heterocycles. The lowest BCUT2D eigenvalue weighted by Gasteiger charge is -2.36. The van der Waals surface area contributed by atoms with Crippen LogP contribution < -0.4 is 5.32 Å². The molecule has 0 bridgehead atoms. The van der Waals surface area contributed by atoms with Crippen LogP contribution in [0.2, 0.25) is 0 Å². The summed E-state index contributed by atoms with van der Waals surface area (Å²) >= 11 is 0. The molecular formula is C23H31N5O3. The van der Waals surface area contributed by atoms with Gasteiger partial charge in [0.1, 0.15) is 0 Å². The zero-order valence-electron chi connectivity index (χ0n) is 18.5. The zero-order chi connectivity index (χ0) is 22.2. The smallest absolute Gasteiger partial charge is 0.289 e. The first-order valence-electron chi connectivity index (χ1n) is 10.7. The van der Waals surface area contributed by atoms with E-state index in [1.807, 2.05) is 43.0 Å². The number of carbonyl (C=O) groups is 2. The van der Waals surface area contributed by atoms with Crippen molar-refractivity contribution in [2.24, 2.45) is 4.99 Å². The number of piperazine rings is 1. The van der Waals surface area contributed by atoms with E-state index in [0.717, 1.165) is 11.5 Å². The van der Waals surface area contributed by atoms with E-state index in [2.05, 4.69) is 15.2 Å². The number of hydrogen-bond acceptors (Lipinski definition) is 4. The average Bonchev–Trinajstić information content (AvgIpc) is 3.35. The highest BCUT2D eigenvalue weighted by Crippen LogP contribution is 2.11. The number of carbonyl (C=O) groups excluding carboxylic acids is 2. The summed E-state index contributed by atoms with van der Waals surface area (Å²) in [6, 6.07) is 11.1. The fourth-order valence-corrected chi connectivity index (χ4v) is 3.65. The topological polar surface area (TPSA) is 81.4 Å². The van der Waals surface area contributed by atoms with E-state index in [1.54, 1.807) is 24.1 Å². The predicted octanol–water partition coefficient (Wildman–Crippen LogP) is 2.29. The summed E-state index contributed by atoms with van der Waals surface area (Å²) in [5.74, 6) is 1.15. The largest absolute Gasteiger partial charge is 0.459 e. The van der Waals surface area contributed by atoms with Crippen molar-refractivity contribution < 1.29 is 14.0 Å². The van der Waals surface area contributed by atoms with Gasteiger partial charge in [0.25, 0.3) is 11.8 Å². The van der Waals surface area contributed by atoms with Gasteiger partial charge in [-0.15, -0.1) is 0 Å². The van der Waals surface area contributed by atoms with Crippen molar-refractivity contribution in [2.45, 2.75) is 20.4 Å². The minimum Gasteiger partial charge on any atom is -0.459 e.